The van der Waals surface area contributed by atoms with E-state index in [2.05, 4.69) is 256 Å². The molecule has 0 aromatic heterocycles. The summed E-state index contributed by atoms with van der Waals surface area (Å²) >= 11 is 0. The molecule has 1 unspecified atom stereocenters. The normalized spacial score (nSPS) is 19.0. The van der Waals surface area contributed by atoms with Crippen molar-refractivity contribution in [3.63, 3.8) is 0 Å². The van der Waals surface area contributed by atoms with E-state index >= 15 is 0 Å². The molecule has 6 aliphatic carbocycles. The average Bonchev–Trinajstić information content (AvgIpc) is 4.00. The Labute approximate surface area is 425 Å². The number of hydrogen-bond acceptors (Lipinski definition) is 1. The summed E-state index contributed by atoms with van der Waals surface area (Å²) in [6.45, 7) is 7.24. The Morgan fingerprint density at radius 2 is 1.00 bits per heavy atom. The summed E-state index contributed by atoms with van der Waals surface area (Å²) < 4.78 is 0. The largest absolute Gasteiger partial charge is 0.310 e. The molecule has 1 heteroatoms. The van der Waals surface area contributed by atoms with Gasteiger partial charge in [-0.05, 0) is 186 Å². The lowest BCUT2D eigenvalue weighted by Crippen LogP contribution is -2.30. The molecule has 6 aliphatic rings. The van der Waals surface area contributed by atoms with E-state index in [0.29, 0.717) is 0 Å². The summed E-state index contributed by atoms with van der Waals surface area (Å²) in [7, 11) is 0. The van der Waals surface area contributed by atoms with Crippen LogP contribution in [0.1, 0.15) is 103 Å². The molecule has 8 aromatic carbocycles. The molecule has 1 nitrogen and oxygen atoms in total. The van der Waals surface area contributed by atoms with Gasteiger partial charge in [-0.15, -0.1) is 0 Å². The molecule has 0 bridgehead atoms. The summed E-state index contributed by atoms with van der Waals surface area (Å²) in [6, 6.07) is 69.7. The lowest BCUT2D eigenvalue weighted by Gasteiger charge is -2.37. The van der Waals surface area contributed by atoms with Gasteiger partial charge in [-0.3, -0.25) is 0 Å². The molecule has 0 N–H and O–H groups in total. The fourth-order valence-electron chi connectivity index (χ4n) is 13.6. The van der Waals surface area contributed by atoms with Gasteiger partial charge in [0, 0.05) is 27.9 Å². The molecule has 72 heavy (non-hydrogen) atoms. The summed E-state index contributed by atoms with van der Waals surface area (Å²) in [6.07, 6.45) is 24.1. The van der Waals surface area contributed by atoms with E-state index in [0.717, 1.165) is 43.5 Å². The van der Waals surface area contributed by atoms with Crippen LogP contribution in [0, 0.1) is 0 Å². The summed E-state index contributed by atoms with van der Waals surface area (Å²) in [5.74, 6) is 0. The molecule has 0 heterocycles. The van der Waals surface area contributed by atoms with Crippen molar-refractivity contribution in [1.82, 2.24) is 0 Å². The number of nitrogens with zero attached hydrogens (tertiary/aromatic N) is 1. The van der Waals surface area contributed by atoms with E-state index in [4.69, 9.17) is 0 Å². The van der Waals surface area contributed by atoms with Crippen molar-refractivity contribution in [3.05, 3.63) is 286 Å². The van der Waals surface area contributed by atoms with Crippen LogP contribution >= 0.6 is 0 Å². The Balaban J connectivity index is 0.927. The third-order valence-electron chi connectivity index (χ3n) is 17.2. The third-order valence-corrected chi connectivity index (χ3v) is 17.2. The third kappa shape index (κ3) is 6.39. The molecule has 14 rings (SSSR count). The lowest BCUT2D eigenvalue weighted by molar-refractivity contribution is 0.587. The highest BCUT2D eigenvalue weighted by Gasteiger charge is 2.55. The quantitative estimate of drug-likeness (QED) is 0.154. The maximum atomic E-state index is 2.68. The van der Waals surface area contributed by atoms with Crippen molar-refractivity contribution in [2.24, 2.45) is 0 Å². The van der Waals surface area contributed by atoms with Gasteiger partial charge in [-0.1, -0.05) is 203 Å². The van der Waals surface area contributed by atoms with Crippen molar-refractivity contribution < 1.29 is 0 Å². The summed E-state index contributed by atoms with van der Waals surface area (Å²) in [4.78, 5) is 2.52. The predicted molar refractivity (Wildman–Crippen MR) is 303 cm³/mol. The molecule has 8 aromatic rings. The van der Waals surface area contributed by atoms with Crippen LogP contribution in [-0.4, -0.2) is 0 Å². The molecule has 0 saturated carbocycles. The SMILES string of the molecule is CC1(c2ccc(N(c3cc(C4=CC=CCC4)cc(-c4ccccc4)c3)c3ccc4c(c3)C(C)(C)c3ccccc3-4)cc2)C=C2C(=CC1)c1ccc(C3=CC=CCC3)cc1C21c2ccccc2-c2ccccc21. The fourth-order valence-corrected chi connectivity index (χ4v) is 13.6. The van der Waals surface area contributed by atoms with Crippen molar-refractivity contribution in [1.29, 1.82) is 0 Å². The van der Waals surface area contributed by atoms with E-state index < -0.39 is 5.41 Å². The molecule has 1 atom stereocenters. The first-order valence-electron chi connectivity index (χ1n) is 26.2. The van der Waals surface area contributed by atoms with E-state index in [1.807, 2.05) is 0 Å². The molecular weight excluding hydrogens is 867 g/mol. The van der Waals surface area contributed by atoms with Gasteiger partial charge in [0.2, 0.25) is 0 Å². The zero-order chi connectivity index (χ0) is 48.2. The molecule has 0 amide bonds. The summed E-state index contributed by atoms with van der Waals surface area (Å²) in [5, 5.41) is 0. The number of allylic oxidation sites excluding steroid dienone is 12. The second-order valence-electron chi connectivity index (χ2n) is 21.6. The standard InChI is InChI=1S/C71H57N/c1-69(2)63-28-16-13-25-57(63)60-38-36-55(45-66(60)69)72(56-42-51(48-21-9-5-10-22-48)41-52(43-56)49-23-11-6-12-24-49)54-34-32-53(33-35-54)70(3)40-39-62-61-37-31-50(47-19-7-4-8-20-47)44-67(61)71(68(62)46-70)64-29-17-14-26-58(64)59-27-15-18-30-65(59)71/h4-7,9-11,13-19,21-23,25-39,41-46H,8,12,20,24,40H2,1-3H3. The number of hydrogen-bond donors (Lipinski definition) is 0. The molecule has 346 valence electrons. The molecule has 0 aliphatic heterocycles. The van der Waals surface area contributed by atoms with E-state index in [1.165, 1.54) is 111 Å². The first-order chi connectivity index (χ1) is 35.3. The van der Waals surface area contributed by atoms with Crippen molar-refractivity contribution >= 4 is 33.8 Å². The van der Waals surface area contributed by atoms with Crippen LogP contribution in [0.3, 0.4) is 0 Å². The number of anilines is 3. The smallest absolute Gasteiger partial charge is 0.0722 e. The molecule has 0 fully saturated rings. The lowest BCUT2D eigenvalue weighted by atomic mass is 9.65. The van der Waals surface area contributed by atoms with E-state index in [9.17, 15) is 0 Å². The van der Waals surface area contributed by atoms with Gasteiger partial charge in [0.25, 0.3) is 0 Å². The zero-order valence-electron chi connectivity index (χ0n) is 41.4. The van der Waals surface area contributed by atoms with Gasteiger partial charge in [-0.2, -0.15) is 0 Å². The van der Waals surface area contributed by atoms with Gasteiger partial charge in [0.1, 0.15) is 0 Å². The Bertz CT molecular complexity index is 3710. The predicted octanol–water partition coefficient (Wildman–Crippen LogP) is 18.6. The Morgan fingerprint density at radius 1 is 0.417 bits per heavy atom. The average molecular weight is 924 g/mol. The molecule has 0 saturated heterocycles. The molecular formula is C71H57N. The highest BCUT2D eigenvalue weighted by atomic mass is 15.1. The molecule has 1 spiro atoms. The van der Waals surface area contributed by atoms with Gasteiger partial charge in [0.05, 0.1) is 5.41 Å². The van der Waals surface area contributed by atoms with Crippen LogP contribution in [0.5, 0.6) is 0 Å². The van der Waals surface area contributed by atoms with Crippen LogP contribution in [-0.2, 0) is 16.2 Å². The van der Waals surface area contributed by atoms with Crippen LogP contribution in [0.25, 0.3) is 50.1 Å². The minimum atomic E-state index is -0.417. The fraction of sp³-hybridized carbons (Fsp3) is 0.155. The van der Waals surface area contributed by atoms with Crippen LogP contribution in [0.4, 0.5) is 17.1 Å². The monoisotopic (exact) mass is 923 g/mol. The second-order valence-corrected chi connectivity index (χ2v) is 21.6. The van der Waals surface area contributed by atoms with Gasteiger partial charge >= 0.3 is 0 Å². The minimum absolute atomic E-state index is 0.132. The minimum Gasteiger partial charge on any atom is -0.310 e. The second kappa shape index (κ2) is 16.3. The van der Waals surface area contributed by atoms with Crippen LogP contribution < -0.4 is 4.90 Å². The van der Waals surface area contributed by atoms with Gasteiger partial charge < -0.3 is 4.90 Å². The number of benzene rings is 8. The highest BCUT2D eigenvalue weighted by Crippen LogP contribution is 2.66. The molecule has 0 radical (unpaired) electrons. The van der Waals surface area contributed by atoms with E-state index in [-0.39, 0.29) is 10.8 Å². The summed E-state index contributed by atoms with van der Waals surface area (Å²) in [5.41, 5.74) is 28.3. The first kappa shape index (κ1) is 42.8. The first-order valence-corrected chi connectivity index (χ1v) is 26.2. The van der Waals surface area contributed by atoms with Crippen LogP contribution in [0.15, 0.2) is 236 Å². The van der Waals surface area contributed by atoms with E-state index in [1.54, 1.807) is 0 Å². The Hall–Kier alpha value is -8.00. The van der Waals surface area contributed by atoms with Crippen molar-refractivity contribution in [3.8, 4) is 33.4 Å². The number of fused-ring (bicyclic) bond motifs is 13. The number of rotatable bonds is 7. The van der Waals surface area contributed by atoms with Crippen molar-refractivity contribution in [2.75, 3.05) is 4.90 Å². The Morgan fingerprint density at radius 3 is 1.68 bits per heavy atom. The van der Waals surface area contributed by atoms with Gasteiger partial charge in [-0.25, -0.2) is 0 Å². The highest BCUT2D eigenvalue weighted by molar-refractivity contribution is 6.01. The topological polar surface area (TPSA) is 3.24 Å². The van der Waals surface area contributed by atoms with Crippen molar-refractivity contribution in [2.45, 2.75) is 69.1 Å². The van der Waals surface area contributed by atoms with Gasteiger partial charge in [0.15, 0.2) is 0 Å². The maximum absolute atomic E-state index is 2.68. The Kier molecular flexibility index (Phi) is 9.68. The van der Waals surface area contributed by atoms with Crippen LogP contribution in [0.2, 0.25) is 0 Å². The maximum Gasteiger partial charge on any atom is 0.0722 e. The zero-order valence-corrected chi connectivity index (χ0v) is 41.4.